The highest BCUT2D eigenvalue weighted by Gasteiger charge is 2.64. The van der Waals surface area contributed by atoms with Crippen molar-refractivity contribution < 1.29 is 19.1 Å². The molecule has 1 fully saturated rings. The quantitative estimate of drug-likeness (QED) is 0.582. The van der Waals surface area contributed by atoms with Gasteiger partial charge in [-0.3, -0.25) is 10.1 Å². The molecule has 7 nitrogen and oxygen atoms in total. The van der Waals surface area contributed by atoms with Crippen molar-refractivity contribution in [1.82, 2.24) is 10.2 Å². The van der Waals surface area contributed by atoms with Gasteiger partial charge in [-0.15, -0.1) is 0 Å². The first-order valence-corrected chi connectivity index (χ1v) is 13.4. The standard InChI is InChI=1S/C30H41N3O4/c1-20(2)9-8-10-21-11-12-22-18-29(15-13-23(36-7)14-16-29)30(24(22)17-21)25(34)19-33(6)26(32-30)31-27(35)37-28(3,4)5/h11-12,17,20,23H,9,13-16,18-19H2,1-7H3,(H,31,32,35). The third-order valence-electron chi connectivity index (χ3n) is 7.79. The van der Waals surface area contributed by atoms with Gasteiger partial charge in [0.15, 0.2) is 11.3 Å². The molecule has 7 heteroatoms. The van der Waals surface area contributed by atoms with Crippen molar-refractivity contribution in [2.45, 2.75) is 90.4 Å². The molecule has 4 rings (SSSR count). The van der Waals surface area contributed by atoms with Crippen LogP contribution >= 0.6 is 0 Å². The SMILES string of the molecule is COC1CCC2(CC1)Cc1ccc(C#CCC(C)C)cc1C21N=C(NC(=O)OC(C)(C)C)N(C)CC1=O. The van der Waals surface area contributed by atoms with E-state index < -0.39 is 17.2 Å². The van der Waals surface area contributed by atoms with Crippen molar-refractivity contribution in [1.29, 1.82) is 0 Å². The van der Waals surface area contributed by atoms with Gasteiger partial charge in [-0.2, -0.15) is 0 Å². The Labute approximate surface area is 221 Å². The third kappa shape index (κ3) is 5.27. The maximum atomic E-state index is 14.1. The third-order valence-corrected chi connectivity index (χ3v) is 7.79. The van der Waals surface area contributed by atoms with Crippen molar-refractivity contribution in [3.05, 3.63) is 34.9 Å². The van der Waals surface area contributed by atoms with Gasteiger partial charge in [0.1, 0.15) is 5.60 Å². The van der Waals surface area contributed by atoms with E-state index >= 15 is 0 Å². The highest BCUT2D eigenvalue weighted by Crippen LogP contribution is 2.61. The number of fused-ring (bicyclic) bond motifs is 3. The first kappa shape index (κ1) is 27.2. The molecule has 3 aliphatic rings. The summed E-state index contributed by atoms with van der Waals surface area (Å²) in [7, 11) is 3.53. The van der Waals surface area contributed by atoms with Crippen molar-refractivity contribution in [2.24, 2.45) is 16.3 Å². The van der Waals surface area contributed by atoms with Gasteiger partial charge in [0.05, 0.1) is 12.6 Å². The van der Waals surface area contributed by atoms with Crippen LogP contribution in [0.2, 0.25) is 0 Å². The molecule has 0 radical (unpaired) electrons. The Morgan fingerprint density at radius 3 is 2.59 bits per heavy atom. The number of amides is 1. The minimum Gasteiger partial charge on any atom is -0.444 e. The van der Waals surface area contributed by atoms with Gasteiger partial charge in [-0.05, 0) is 82.1 Å². The van der Waals surface area contributed by atoms with Gasteiger partial charge in [-0.1, -0.05) is 31.8 Å². The predicted molar refractivity (Wildman–Crippen MR) is 144 cm³/mol. The number of carbonyl (C=O) groups excluding carboxylic acids is 2. The molecule has 1 saturated carbocycles. The van der Waals surface area contributed by atoms with Gasteiger partial charge in [0.25, 0.3) is 0 Å². The number of methoxy groups -OCH3 is 1. The van der Waals surface area contributed by atoms with Crippen molar-refractivity contribution in [2.75, 3.05) is 20.7 Å². The summed E-state index contributed by atoms with van der Waals surface area (Å²) in [6, 6.07) is 6.25. The van der Waals surface area contributed by atoms with Gasteiger partial charge in [0, 0.05) is 31.6 Å². The van der Waals surface area contributed by atoms with Crippen LogP contribution in [0.25, 0.3) is 0 Å². The lowest BCUT2D eigenvalue weighted by Gasteiger charge is -2.49. The first-order valence-electron chi connectivity index (χ1n) is 13.4. The summed E-state index contributed by atoms with van der Waals surface area (Å²) in [6.07, 6.45) is 4.61. The lowest BCUT2D eigenvalue weighted by Crippen LogP contribution is -2.60. The lowest BCUT2D eigenvalue weighted by molar-refractivity contribution is -0.132. The second kappa shape index (κ2) is 10.1. The maximum Gasteiger partial charge on any atom is 0.414 e. The van der Waals surface area contributed by atoms with Crippen LogP contribution in [-0.2, 0) is 26.2 Å². The number of carbonyl (C=O) groups is 2. The lowest BCUT2D eigenvalue weighted by atomic mass is 9.59. The largest absolute Gasteiger partial charge is 0.444 e. The predicted octanol–water partition coefficient (Wildman–Crippen LogP) is 4.81. The maximum absolute atomic E-state index is 14.1. The van der Waals surface area contributed by atoms with E-state index in [0.717, 1.165) is 55.2 Å². The van der Waals surface area contributed by atoms with Crippen LogP contribution in [0.3, 0.4) is 0 Å². The molecule has 0 aromatic heterocycles. The molecule has 1 N–H and O–H groups in total. The second-order valence-electron chi connectivity index (χ2n) is 12.2. The Morgan fingerprint density at radius 1 is 1.27 bits per heavy atom. The van der Waals surface area contributed by atoms with E-state index in [9.17, 15) is 9.59 Å². The number of benzene rings is 1. The Kier molecular flexibility index (Phi) is 7.45. The van der Waals surface area contributed by atoms with Crippen LogP contribution in [-0.4, -0.2) is 55.1 Å². The molecule has 1 aromatic carbocycles. The van der Waals surface area contributed by atoms with Crippen LogP contribution in [0.1, 0.15) is 83.4 Å². The second-order valence-corrected chi connectivity index (χ2v) is 12.2. The topological polar surface area (TPSA) is 80.2 Å². The van der Waals surface area contributed by atoms with Crippen molar-refractivity contribution in [3.8, 4) is 11.8 Å². The van der Waals surface area contributed by atoms with Crippen LogP contribution in [0.5, 0.6) is 0 Å². The zero-order valence-electron chi connectivity index (χ0n) is 23.4. The normalized spacial score (nSPS) is 27.1. The zero-order chi connectivity index (χ0) is 27.0. The molecule has 1 aromatic rings. The molecule has 200 valence electrons. The van der Waals surface area contributed by atoms with Crippen LogP contribution < -0.4 is 5.32 Å². The Bertz CT molecular complexity index is 1150. The van der Waals surface area contributed by atoms with E-state index in [-0.39, 0.29) is 23.8 Å². The van der Waals surface area contributed by atoms with Crippen LogP contribution in [0.15, 0.2) is 23.2 Å². The summed E-state index contributed by atoms with van der Waals surface area (Å²) in [5.74, 6) is 7.50. The fourth-order valence-corrected chi connectivity index (χ4v) is 6.05. The van der Waals surface area contributed by atoms with E-state index in [2.05, 4.69) is 49.2 Å². The number of rotatable bonds is 2. The molecule has 1 atom stereocenters. The highest BCUT2D eigenvalue weighted by molar-refractivity contribution is 6.04. The number of ether oxygens (including phenoxy) is 2. The fourth-order valence-electron chi connectivity index (χ4n) is 6.05. The molecule has 2 aliphatic carbocycles. The average molecular weight is 508 g/mol. The Hall–Kier alpha value is -2.85. The molecule has 1 amide bonds. The first-order chi connectivity index (χ1) is 17.4. The number of guanidine groups is 1. The monoisotopic (exact) mass is 507 g/mol. The van der Waals surface area contributed by atoms with Crippen molar-refractivity contribution >= 4 is 17.8 Å². The minimum absolute atomic E-state index is 0.0617. The number of hydrogen-bond donors (Lipinski definition) is 1. The van der Waals surface area contributed by atoms with Gasteiger partial charge in [0.2, 0.25) is 5.96 Å². The summed E-state index contributed by atoms with van der Waals surface area (Å²) in [5.41, 5.74) is 0.880. The van der Waals surface area contributed by atoms with Crippen LogP contribution in [0, 0.1) is 23.2 Å². The molecule has 1 unspecified atom stereocenters. The molecule has 0 bridgehead atoms. The van der Waals surface area contributed by atoms with E-state index in [1.54, 1.807) is 19.1 Å². The number of alkyl carbamates (subject to hydrolysis) is 1. The summed E-state index contributed by atoms with van der Waals surface area (Å²) in [5, 5.41) is 2.84. The molecular weight excluding hydrogens is 466 g/mol. The summed E-state index contributed by atoms with van der Waals surface area (Å²) in [4.78, 5) is 33.7. The van der Waals surface area contributed by atoms with Gasteiger partial charge in [-0.25, -0.2) is 9.79 Å². The number of likely N-dealkylation sites (N-methyl/N-ethyl adjacent to an activating group) is 1. The smallest absolute Gasteiger partial charge is 0.414 e. The Balaban J connectivity index is 1.82. The number of ketones is 1. The summed E-state index contributed by atoms with van der Waals surface area (Å²) < 4.78 is 11.2. The number of nitrogens with zero attached hydrogens (tertiary/aromatic N) is 2. The van der Waals surface area contributed by atoms with E-state index in [1.807, 2.05) is 20.8 Å². The Morgan fingerprint density at radius 2 is 1.97 bits per heavy atom. The van der Waals surface area contributed by atoms with Crippen molar-refractivity contribution in [3.63, 3.8) is 0 Å². The van der Waals surface area contributed by atoms with E-state index in [0.29, 0.717) is 11.9 Å². The zero-order valence-corrected chi connectivity index (χ0v) is 23.4. The highest BCUT2D eigenvalue weighted by atomic mass is 16.6. The van der Waals surface area contributed by atoms with Gasteiger partial charge >= 0.3 is 6.09 Å². The number of hydrogen-bond acceptors (Lipinski definition) is 6. The minimum atomic E-state index is -1.08. The number of nitrogens with one attached hydrogen (secondary N) is 1. The van der Waals surface area contributed by atoms with E-state index in [4.69, 9.17) is 14.5 Å². The summed E-state index contributed by atoms with van der Waals surface area (Å²) in [6.45, 7) is 9.93. The van der Waals surface area contributed by atoms with Gasteiger partial charge < -0.3 is 14.4 Å². The van der Waals surface area contributed by atoms with Crippen LogP contribution in [0.4, 0.5) is 4.79 Å². The molecule has 0 saturated heterocycles. The number of Topliss-reactive ketones (excluding diaryl/α,β-unsaturated/α-hetero) is 1. The molecule has 1 aliphatic heterocycles. The molecule has 37 heavy (non-hydrogen) atoms. The summed E-state index contributed by atoms with van der Waals surface area (Å²) >= 11 is 0. The average Bonchev–Trinajstić information content (AvgIpc) is 3.05. The molecular formula is C30H41N3O4. The number of aliphatic imine (C=N–C) groups is 1. The fraction of sp³-hybridized carbons (Fsp3) is 0.633. The molecule has 1 heterocycles. The molecule has 2 spiro atoms. The van der Waals surface area contributed by atoms with E-state index in [1.165, 1.54) is 0 Å².